The molecule has 1 aliphatic rings. The number of hydrogen-bond donors (Lipinski definition) is 1. The first-order chi connectivity index (χ1) is 16.4. The largest absolute Gasteiger partial charge is 0.573 e. The standard InChI is InChI=1S/C20H14ClF4N3O4S3/c21-16-5-6-18(34-16)35(30,31)28-7-1-2-14(28)19(29)26-9-17-27-13(10-33-17)11-3-4-15(12(22)8-11)32-20(23,24)25/h1-6,8,10,14H,7,9H2,(H,26,29)/t14-/m0/s1. The van der Waals surface area contributed by atoms with E-state index in [-0.39, 0.29) is 28.6 Å². The van der Waals surface area contributed by atoms with Crippen molar-refractivity contribution in [3.8, 4) is 17.0 Å². The van der Waals surface area contributed by atoms with Crippen LogP contribution < -0.4 is 10.1 Å². The van der Waals surface area contributed by atoms with Crippen molar-refractivity contribution < 1.29 is 35.5 Å². The third-order valence-corrected chi connectivity index (χ3v) is 9.11. The van der Waals surface area contributed by atoms with Crippen LogP contribution in [0.4, 0.5) is 17.6 Å². The number of amides is 1. The average Bonchev–Trinajstić information content (AvgIpc) is 3.53. The maximum atomic E-state index is 14.0. The zero-order chi connectivity index (χ0) is 25.4. The highest BCUT2D eigenvalue weighted by atomic mass is 35.5. The summed E-state index contributed by atoms with van der Waals surface area (Å²) < 4.78 is 81.6. The second kappa shape index (κ2) is 9.85. The Morgan fingerprint density at radius 1 is 1.29 bits per heavy atom. The summed E-state index contributed by atoms with van der Waals surface area (Å²) in [4.78, 5) is 17.0. The van der Waals surface area contributed by atoms with Gasteiger partial charge in [0.2, 0.25) is 5.91 Å². The lowest BCUT2D eigenvalue weighted by atomic mass is 10.1. The summed E-state index contributed by atoms with van der Waals surface area (Å²) in [6, 6.07) is 4.71. The van der Waals surface area contributed by atoms with Gasteiger partial charge < -0.3 is 10.1 Å². The first-order valence-corrected chi connectivity index (χ1v) is 13.2. The van der Waals surface area contributed by atoms with Gasteiger partial charge in [-0.1, -0.05) is 23.8 Å². The number of nitrogens with zero attached hydrogens (tertiary/aromatic N) is 2. The molecule has 1 N–H and O–H groups in total. The van der Waals surface area contributed by atoms with Gasteiger partial charge in [0.1, 0.15) is 15.3 Å². The van der Waals surface area contributed by atoms with E-state index in [1.165, 1.54) is 24.3 Å². The molecule has 3 heterocycles. The van der Waals surface area contributed by atoms with Crippen LogP contribution in [0.1, 0.15) is 5.01 Å². The molecule has 0 fully saturated rings. The van der Waals surface area contributed by atoms with E-state index < -0.39 is 39.9 Å². The lowest BCUT2D eigenvalue weighted by Crippen LogP contribution is -2.45. The minimum absolute atomic E-state index is 0.0208. The van der Waals surface area contributed by atoms with Gasteiger partial charge in [-0.15, -0.1) is 35.8 Å². The highest BCUT2D eigenvalue weighted by molar-refractivity contribution is 7.91. The fourth-order valence-electron chi connectivity index (χ4n) is 3.18. The number of thiophene rings is 1. The monoisotopic (exact) mass is 567 g/mol. The van der Waals surface area contributed by atoms with Gasteiger partial charge in [0.15, 0.2) is 11.6 Å². The Morgan fingerprint density at radius 3 is 2.71 bits per heavy atom. The number of carbonyl (C=O) groups is 1. The predicted octanol–water partition coefficient (Wildman–Crippen LogP) is 4.81. The van der Waals surface area contributed by atoms with E-state index in [2.05, 4.69) is 15.0 Å². The fraction of sp³-hybridized carbons (Fsp3) is 0.200. The predicted molar refractivity (Wildman–Crippen MR) is 122 cm³/mol. The molecule has 7 nitrogen and oxygen atoms in total. The lowest BCUT2D eigenvalue weighted by molar-refractivity contribution is -0.275. The maximum Gasteiger partial charge on any atom is 0.573 e. The molecule has 35 heavy (non-hydrogen) atoms. The summed E-state index contributed by atoms with van der Waals surface area (Å²) in [6.45, 7) is -0.0126. The zero-order valence-electron chi connectivity index (χ0n) is 17.3. The second-order valence-corrected chi connectivity index (χ2v) is 11.8. The molecular formula is C20H14ClF4N3O4S3. The number of halogens is 5. The Kier molecular flexibility index (Phi) is 7.20. The molecule has 0 bridgehead atoms. The highest BCUT2D eigenvalue weighted by Crippen LogP contribution is 2.32. The molecule has 1 aromatic carbocycles. The molecule has 0 spiro atoms. The van der Waals surface area contributed by atoms with Gasteiger partial charge in [0.05, 0.1) is 16.6 Å². The summed E-state index contributed by atoms with van der Waals surface area (Å²) in [6.07, 6.45) is -1.98. The molecule has 0 saturated carbocycles. The summed E-state index contributed by atoms with van der Waals surface area (Å²) in [5.41, 5.74) is 0.507. The van der Waals surface area contributed by atoms with Crippen LogP contribution in [-0.2, 0) is 21.4 Å². The molecule has 1 amide bonds. The quantitative estimate of drug-likeness (QED) is 0.327. The van der Waals surface area contributed by atoms with Crippen LogP contribution in [0.3, 0.4) is 0 Å². The number of rotatable bonds is 7. The van der Waals surface area contributed by atoms with Crippen LogP contribution >= 0.6 is 34.3 Å². The van der Waals surface area contributed by atoms with Gasteiger partial charge in [-0.3, -0.25) is 4.79 Å². The van der Waals surface area contributed by atoms with E-state index in [1.807, 2.05) is 0 Å². The number of nitrogens with one attached hydrogen (secondary N) is 1. The van der Waals surface area contributed by atoms with Crippen molar-refractivity contribution in [3.63, 3.8) is 0 Å². The lowest BCUT2D eigenvalue weighted by Gasteiger charge is -2.22. The first kappa shape index (κ1) is 25.6. The van der Waals surface area contributed by atoms with E-state index in [4.69, 9.17) is 11.6 Å². The number of alkyl halides is 3. The maximum absolute atomic E-state index is 14.0. The average molecular weight is 568 g/mol. The van der Waals surface area contributed by atoms with Crippen molar-refractivity contribution in [2.75, 3.05) is 6.54 Å². The minimum atomic E-state index is -5.02. The zero-order valence-corrected chi connectivity index (χ0v) is 20.5. The Balaban J connectivity index is 1.41. The fourth-order valence-corrected chi connectivity index (χ4v) is 7.03. The molecule has 0 aliphatic carbocycles. The molecular weight excluding hydrogens is 554 g/mol. The molecule has 0 unspecified atom stereocenters. The molecule has 0 saturated heterocycles. The Bertz CT molecular complexity index is 1390. The summed E-state index contributed by atoms with van der Waals surface area (Å²) in [5, 5.41) is 4.59. The van der Waals surface area contributed by atoms with E-state index in [9.17, 15) is 30.8 Å². The highest BCUT2D eigenvalue weighted by Gasteiger charge is 2.37. The van der Waals surface area contributed by atoms with Crippen molar-refractivity contribution in [1.82, 2.24) is 14.6 Å². The number of benzene rings is 1. The molecule has 15 heteroatoms. The van der Waals surface area contributed by atoms with Crippen molar-refractivity contribution in [2.24, 2.45) is 0 Å². The van der Waals surface area contributed by atoms with E-state index in [1.54, 1.807) is 11.5 Å². The van der Waals surface area contributed by atoms with Gasteiger partial charge in [0.25, 0.3) is 10.0 Å². The number of ether oxygens (including phenoxy) is 1. The third kappa shape index (κ3) is 5.83. The van der Waals surface area contributed by atoms with Crippen LogP contribution in [0.15, 0.2) is 52.1 Å². The molecule has 1 aliphatic heterocycles. The molecule has 186 valence electrons. The van der Waals surface area contributed by atoms with Gasteiger partial charge >= 0.3 is 6.36 Å². The number of carbonyl (C=O) groups excluding carboxylic acids is 1. The first-order valence-electron chi connectivity index (χ1n) is 9.66. The second-order valence-electron chi connectivity index (χ2n) is 7.04. The third-order valence-electron chi connectivity index (χ3n) is 4.71. The van der Waals surface area contributed by atoms with Gasteiger partial charge in [-0.2, -0.15) is 4.31 Å². The van der Waals surface area contributed by atoms with Crippen LogP contribution in [0.25, 0.3) is 11.3 Å². The Morgan fingerprint density at radius 2 is 2.06 bits per heavy atom. The summed E-state index contributed by atoms with van der Waals surface area (Å²) in [7, 11) is -3.93. The summed E-state index contributed by atoms with van der Waals surface area (Å²) >= 11 is 7.86. The Labute approximate surface area is 209 Å². The molecule has 2 aromatic heterocycles. The topological polar surface area (TPSA) is 88.6 Å². The van der Waals surface area contributed by atoms with E-state index in [0.29, 0.717) is 9.34 Å². The van der Waals surface area contributed by atoms with E-state index in [0.717, 1.165) is 39.1 Å². The van der Waals surface area contributed by atoms with Crippen LogP contribution in [0.2, 0.25) is 4.34 Å². The van der Waals surface area contributed by atoms with Gasteiger partial charge in [-0.25, -0.2) is 17.8 Å². The molecule has 3 aromatic rings. The number of thiazole rings is 1. The van der Waals surface area contributed by atoms with Crippen molar-refractivity contribution >= 4 is 50.2 Å². The number of sulfonamides is 1. The van der Waals surface area contributed by atoms with Crippen molar-refractivity contribution in [2.45, 2.75) is 23.2 Å². The smallest absolute Gasteiger partial charge is 0.403 e. The van der Waals surface area contributed by atoms with Crippen molar-refractivity contribution in [1.29, 1.82) is 0 Å². The van der Waals surface area contributed by atoms with Gasteiger partial charge in [-0.05, 0) is 30.3 Å². The van der Waals surface area contributed by atoms with Gasteiger partial charge in [0, 0.05) is 17.5 Å². The molecule has 4 rings (SSSR count). The molecule has 1 atom stereocenters. The molecule has 0 radical (unpaired) electrons. The van der Waals surface area contributed by atoms with E-state index >= 15 is 0 Å². The minimum Gasteiger partial charge on any atom is -0.403 e. The SMILES string of the molecule is O=C(NCc1nc(-c2ccc(OC(F)(F)F)c(F)c2)cs1)[C@@H]1C=CCN1S(=O)(=O)c1ccc(Cl)s1. The number of hydrogen-bond acceptors (Lipinski definition) is 7. The van der Waals surface area contributed by atoms with Crippen LogP contribution in [0.5, 0.6) is 5.75 Å². The van der Waals surface area contributed by atoms with Crippen LogP contribution in [0, 0.1) is 5.82 Å². The number of aromatic nitrogens is 1. The normalized spacial score (nSPS) is 16.5. The Hall–Kier alpha value is -2.52. The van der Waals surface area contributed by atoms with Crippen LogP contribution in [-0.4, -0.2) is 42.6 Å². The van der Waals surface area contributed by atoms with Crippen molar-refractivity contribution in [3.05, 3.63) is 63.0 Å². The summed E-state index contributed by atoms with van der Waals surface area (Å²) in [5.74, 6) is -2.73.